The molecule has 35 heavy (non-hydrogen) atoms. The summed E-state index contributed by atoms with van der Waals surface area (Å²) in [5.74, 6) is -1.12. The normalized spacial score (nSPS) is 15.3. The Morgan fingerprint density at radius 2 is 1.46 bits per heavy atom. The number of urea groups is 1. The first kappa shape index (κ1) is 28.8. The number of primary amides is 1. The maximum absolute atomic E-state index is 13.4. The molecule has 3 atom stereocenters. The molecule has 0 aliphatic carbocycles. The van der Waals surface area contributed by atoms with Gasteiger partial charge in [-0.3, -0.25) is 14.3 Å². The van der Waals surface area contributed by atoms with E-state index in [0.717, 1.165) is 22.4 Å². The topological polar surface area (TPSA) is 101 Å². The predicted octanol–water partition coefficient (Wildman–Crippen LogP) is 6.05. The zero-order valence-electron chi connectivity index (χ0n) is 21.9. The van der Waals surface area contributed by atoms with Crippen LogP contribution in [-0.4, -0.2) is 33.9 Å². The quantitative estimate of drug-likeness (QED) is 0.388. The van der Waals surface area contributed by atoms with Crippen LogP contribution in [0, 0.1) is 17.3 Å². The molecule has 6 nitrogen and oxygen atoms in total. The number of imide groups is 1. The molecule has 0 aliphatic heterocycles. The second-order valence-electron chi connectivity index (χ2n) is 11.1. The van der Waals surface area contributed by atoms with E-state index in [1.807, 2.05) is 77.1 Å². The number of amides is 3. The van der Waals surface area contributed by atoms with Gasteiger partial charge >= 0.3 is 6.03 Å². The Morgan fingerprint density at radius 1 is 0.943 bits per heavy atom. The van der Waals surface area contributed by atoms with E-state index in [9.17, 15) is 19.0 Å². The van der Waals surface area contributed by atoms with Crippen molar-refractivity contribution in [3.63, 3.8) is 0 Å². The van der Waals surface area contributed by atoms with Crippen LogP contribution in [0.25, 0.3) is 0 Å². The van der Waals surface area contributed by atoms with Gasteiger partial charge in [0.25, 0.3) is 0 Å². The molecule has 0 spiro atoms. The van der Waals surface area contributed by atoms with Crippen LogP contribution in [0.5, 0.6) is 0 Å². The fourth-order valence-electron chi connectivity index (χ4n) is 4.19. The molecule has 0 bridgehead atoms. The van der Waals surface area contributed by atoms with E-state index >= 15 is 0 Å². The van der Waals surface area contributed by atoms with Crippen molar-refractivity contribution < 1.29 is 19.0 Å². The van der Waals surface area contributed by atoms with Gasteiger partial charge in [0.05, 0.1) is 0 Å². The van der Waals surface area contributed by atoms with Crippen LogP contribution in [0.3, 0.4) is 0 Å². The summed E-state index contributed by atoms with van der Waals surface area (Å²) in [7, 11) is -3.70. The fourth-order valence-corrected chi connectivity index (χ4v) is 6.09. The van der Waals surface area contributed by atoms with Crippen molar-refractivity contribution >= 4 is 19.3 Å². The van der Waals surface area contributed by atoms with Crippen molar-refractivity contribution in [2.24, 2.45) is 23.0 Å². The highest BCUT2D eigenvalue weighted by molar-refractivity contribution is 7.57. The van der Waals surface area contributed by atoms with Crippen LogP contribution in [0.15, 0.2) is 54.6 Å². The monoisotopic (exact) mass is 500 g/mol. The molecule has 0 radical (unpaired) electrons. The first-order valence-corrected chi connectivity index (χ1v) is 14.3. The molecule has 0 saturated carbocycles. The summed E-state index contributed by atoms with van der Waals surface area (Å²) < 4.78 is 13.3. The fraction of sp³-hybridized carbons (Fsp3) is 0.500. The van der Waals surface area contributed by atoms with Gasteiger partial charge in [-0.05, 0) is 47.8 Å². The standard InChI is InChI=1S/C28H41N2O4P/c1-20(2)16-25(26(31)30(27(29)32)21(3)28(4,5)6)19-35(33,34)18-24-14-12-23(13-15-24)17-22-10-8-7-9-11-22/h7-15,20-21,25H,16-19H2,1-6H3,(H2,29,32)(H,33,34). The molecule has 0 fully saturated rings. The second-order valence-corrected chi connectivity index (χ2v) is 13.5. The predicted molar refractivity (Wildman–Crippen MR) is 142 cm³/mol. The van der Waals surface area contributed by atoms with E-state index < -0.39 is 31.3 Å². The zero-order valence-corrected chi connectivity index (χ0v) is 22.8. The van der Waals surface area contributed by atoms with Gasteiger partial charge in [0, 0.05) is 24.3 Å². The lowest BCUT2D eigenvalue weighted by atomic mass is 9.86. The molecule has 0 aromatic heterocycles. The average Bonchev–Trinajstić information content (AvgIpc) is 2.74. The number of benzene rings is 2. The number of hydrogen-bond acceptors (Lipinski definition) is 3. The Kier molecular flexibility index (Phi) is 9.88. The van der Waals surface area contributed by atoms with Gasteiger partial charge < -0.3 is 10.6 Å². The zero-order chi connectivity index (χ0) is 26.4. The van der Waals surface area contributed by atoms with Crippen LogP contribution >= 0.6 is 7.37 Å². The Bertz CT molecular complexity index is 1030. The third-order valence-electron chi connectivity index (χ3n) is 6.43. The largest absolute Gasteiger partial charge is 0.351 e. The van der Waals surface area contributed by atoms with E-state index in [0.29, 0.717) is 6.42 Å². The van der Waals surface area contributed by atoms with Gasteiger partial charge in [-0.25, -0.2) is 4.79 Å². The van der Waals surface area contributed by atoms with E-state index in [1.165, 1.54) is 5.56 Å². The first-order chi connectivity index (χ1) is 16.2. The molecule has 3 unspecified atom stereocenters. The van der Waals surface area contributed by atoms with Crippen LogP contribution < -0.4 is 5.73 Å². The minimum Gasteiger partial charge on any atom is -0.351 e. The first-order valence-electron chi connectivity index (χ1n) is 12.2. The molecule has 3 N–H and O–H groups in total. The third-order valence-corrected chi connectivity index (χ3v) is 8.30. The Hall–Kier alpha value is -2.43. The minimum atomic E-state index is -3.70. The molecule has 3 amide bonds. The van der Waals surface area contributed by atoms with Gasteiger partial charge in [-0.1, -0.05) is 89.2 Å². The SMILES string of the molecule is CC(C)CC(CP(=O)(O)Cc1ccc(Cc2ccccc2)cc1)C(=O)N(C(N)=O)C(C)C(C)(C)C. The Morgan fingerprint density at radius 3 is 1.94 bits per heavy atom. The number of rotatable bonds is 10. The van der Waals surface area contributed by atoms with Crippen molar-refractivity contribution in [3.05, 3.63) is 71.3 Å². The van der Waals surface area contributed by atoms with Crippen molar-refractivity contribution in [1.82, 2.24) is 4.90 Å². The van der Waals surface area contributed by atoms with Crippen LogP contribution in [0.4, 0.5) is 4.79 Å². The molecule has 0 heterocycles. The summed E-state index contributed by atoms with van der Waals surface area (Å²) in [6.07, 6.45) is 0.986. The number of carbonyl (C=O) groups is 2. The Balaban J connectivity index is 2.17. The van der Waals surface area contributed by atoms with Crippen LogP contribution in [-0.2, 0) is 21.9 Å². The second kappa shape index (κ2) is 12.0. The van der Waals surface area contributed by atoms with Gasteiger partial charge in [0.1, 0.15) is 0 Å². The van der Waals surface area contributed by atoms with Gasteiger partial charge in [-0.15, -0.1) is 0 Å². The Labute approximate surface area is 210 Å². The average molecular weight is 501 g/mol. The lowest BCUT2D eigenvalue weighted by molar-refractivity contribution is -0.135. The number of nitrogens with zero attached hydrogens (tertiary/aromatic N) is 1. The molecular weight excluding hydrogens is 459 g/mol. The summed E-state index contributed by atoms with van der Waals surface area (Å²) >= 11 is 0. The molecule has 0 aliphatic rings. The highest BCUT2D eigenvalue weighted by atomic mass is 31.2. The lowest BCUT2D eigenvalue weighted by Gasteiger charge is -2.37. The van der Waals surface area contributed by atoms with Crippen LogP contribution in [0.1, 0.15) is 64.7 Å². The highest BCUT2D eigenvalue weighted by Crippen LogP contribution is 2.47. The van der Waals surface area contributed by atoms with Gasteiger partial charge in [0.15, 0.2) is 0 Å². The molecular formula is C28H41N2O4P. The highest BCUT2D eigenvalue weighted by Gasteiger charge is 2.39. The van der Waals surface area contributed by atoms with Crippen molar-refractivity contribution in [2.45, 2.75) is 66.6 Å². The molecule has 192 valence electrons. The van der Waals surface area contributed by atoms with E-state index in [1.54, 1.807) is 6.92 Å². The van der Waals surface area contributed by atoms with E-state index in [2.05, 4.69) is 12.1 Å². The third kappa shape index (κ3) is 8.94. The van der Waals surface area contributed by atoms with Crippen molar-refractivity contribution in [2.75, 3.05) is 6.16 Å². The molecule has 7 heteroatoms. The molecule has 2 aromatic rings. The number of nitrogens with two attached hydrogens (primary N) is 1. The number of carbonyl (C=O) groups excluding carboxylic acids is 2. The van der Waals surface area contributed by atoms with Crippen molar-refractivity contribution in [3.8, 4) is 0 Å². The minimum absolute atomic E-state index is 0.0219. The van der Waals surface area contributed by atoms with Gasteiger partial charge in [0.2, 0.25) is 13.3 Å². The summed E-state index contributed by atoms with van der Waals surface area (Å²) in [6.45, 7) is 11.5. The molecule has 2 rings (SSSR count). The van der Waals surface area contributed by atoms with Gasteiger partial charge in [-0.2, -0.15) is 0 Å². The summed E-state index contributed by atoms with van der Waals surface area (Å²) in [6, 6.07) is 16.5. The van der Waals surface area contributed by atoms with E-state index in [4.69, 9.17) is 5.73 Å². The van der Waals surface area contributed by atoms with Crippen molar-refractivity contribution in [1.29, 1.82) is 0 Å². The summed E-state index contributed by atoms with van der Waals surface area (Å²) in [4.78, 5) is 37.7. The molecule has 2 aromatic carbocycles. The number of hydrogen-bond donors (Lipinski definition) is 2. The maximum Gasteiger partial charge on any atom is 0.321 e. The van der Waals surface area contributed by atoms with E-state index in [-0.39, 0.29) is 23.7 Å². The summed E-state index contributed by atoms with van der Waals surface area (Å²) in [5, 5.41) is 0. The maximum atomic E-state index is 13.4. The molecule has 0 saturated heterocycles. The summed E-state index contributed by atoms with van der Waals surface area (Å²) in [5.41, 5.74) is 8.29. The van der Waals surface area contributed by atoms with Crippen LogP contribution in [0.2, 0.25) is 0 Å². The smallest absolute Gasteiger partial charge is 0.321 e. The lowest BCUT2D eigenvalue weighted by Crippen LogP contribution is -2.53.